The zero-order chi connectivity index (χ0) is 21.6. The van der Waals surface area contributed by atoms with Gasteiger partial charge in [0.2, 0.25) is 0 Å². The quantitative estimate of drug-likeness (QED) is 0.682. The molecule has 0 saturated carbocycles. The van der Waals surface area contributed by atoms with E-state index in [2.05, 4.69) is 22.3 Å². The summed E-state index contributed by atoms with van der Waals surface area (Å²) in [6.45, 7) is 2.74. The normalized spacial score (nSPS) is 13.7. The minimum absolute atomic E-state index is 0.139. The van der Waals surface area contributed by atoms with Crippen molar-refractivity contribution in [3.05, 3.63) is 84.3 Å². The molecule has 0 radical (unpaired) electrons. The summed E-state index contributed by atoms with van der Waals surface area (Å²) in [6.07, 6.45) is 1.49. The molecule has 3 aromatic rings. The maximum absolute atomic E-state index is 12.6. The minimum atomic E-state index is -0.157. The van der Waals surface area contributed by atoms with Crippen LogP contribution in [0.5, 0.6) is 0 Å². The third-order valence-electron chi connectivity index (χ3n) is 5.41. The summed E-state index contributed by atoms with van der Waals surface area (Å²) < 4.78 is 5.17. The Morgan fingerprint density at radius 1 is 0.903 bits per heavy atom. The van der Waals surface area contributed by atoms with Crippen molar-refractivity contribution in [3.8, 4) is 0 Å². The molecule has 1 N–H and O–H groups in total. The monoisotopic (exact) mass is 418 g/mol. The highest BCUT2D eigenvalue weighted by Crippen LogP contribution is 2.19. The van der Waals surface area contributed by atoms with Crippen LogP contribution in [-0.4, -0.2) is 55.0 Å². The highest BCUT2D eigenvalue weighted by molar-refractivity contribution is 5.92. The van der Waals surface area contributed by atoms with Crippen LogP contribution in [-0.2, 0) is 6.54 Å². The molecule has 2 heterocycles. The zero-order valence-corrected chi connectivity index (χ0v) is 17.5. The van der Waals surface area contributed by atoms with Crippen LogP contribution >= 0.6 is 0 Å². The molecule has 0 bridgehead atoms. The van der Waals surface area contributed by atoms with Gasteiger partial charge < -0.3 is 24.4 Å². The number of amides is 3. The molecule has 4 rings (SSSR count). The van der Waals surface area contributed by atoms with E-state index < -0.39 is 0 Å². The van der Waals surface area contributed by atoms with Gasteiger partial charge in [-0.1, -0.05) is 30.3 Å². The van der Waals surface area contributed by atoms with Gasteiger partial charge in [-0.05, 0) is 42.0 Å². The number of benzene rings is 2. The lowest BCUT2D eigenvalue weighted by Crippen LogP contribution is -2.51. The minimum Gasteiger partial charge on any atom is -0.459 e. The van der Waals surface area contributed by atoms with Crippen molar-refractivity contribution in [2.24, 2.45) is 0 Å². The van der Waals surface area contributed by atoms with Crippen LogP contribution in [0.2, 0.25) is 0 Å². The molecule has 1 aromatic heterocycles. The molecule has 2 aromatic carbocycles. The Kier molecular flexibility index (Phi) is 6.21. The summed E-state index contributed by atoms with van der Waals surface area (Å²) in [7, 11) is 2.05. The van der Waals surface area contributed by atoms with Crippen molar-refractivity contribution in [1.29, 1.82) is 0 Å². The number of nitrogens with one attached hydrogen (secondary N) is 1. The van der Waals surface area contributed by atoms with Gasteiger partial charge in [0, 0.05) is 51.1 Å². The number of furan rings is 1. The SMILES string of the molecule is CN(Cc1ccccc1)c1ccc(NC(=O)N2CCN(C(=O)c3ccco3)CC2)cc1. The fourth-order valence-corrected chi connectivity index (χ4v) is 3.62. The first-order chi connectivity index (χ1) is 15.1. The third-order valence-corrected chi connectivity index (χ3v) is 5.41. The van der Waals surface area contributed by atoms with Gasteiger partial charge in [0.05, 0.1) is 6.26 Å². The van der Waals surface area contributed by atoms with Crippen molar-refractivity contribution in [3.63, 3.8) is 0 Å². The molecule has 1 aliphatic heterocycles. The van der Waals surface area contributed by atoms with Crippen LogP contribution in [0.3, 0.4) is 0 Å². The molecule has 7 nitrogen and oxygen atoms in total. The highest BCUT2D eigenvalue weighted by Gasteiger charge is 2.26. The smallest absolute Gasteiger partial charge is 0.321 e. The van der Waals surface area contributed by atoms with Gasteiger partial charge in [-0.15, -0.1) is 0 Å². The molecule has 0 atom stereocenters. The standard InChI is InChI=1S/C24H26N4O3/c1-26(18-19-6-3-2-4-7-19)21-11-9-20(10-12-21)25-24(30)28-15-13-27(14-16-28)23(29)22-8-5-17-31-22/h2-12,17H,13-16,18H2,1H3,(H,25,30). The first kappa shape index (κ1) is 20.5. The molecule has 1 saturated heterocycles. The molecule has 0 spiro atoms. The maximum Gasteiger partial charge on any atom is 0.321 e. The van der Waals surface area contributed by atoms with E-state index in [9.17, 15) is 9.59 Å². The van der Waals surface area contributed by atoms with E-state index in [-0.39, 0.29) is 11.9 Å². The number of hydrogen-bond donors (Lipinski definition) is 1. The fraction of sp³-hybridized carbons (Fsp3) is 0.250. The number of rotatable bonds is 5. The highest BCUT2D eigenvalue weighted by atomic mass is 16.3. The Hall–Kier alpha value is -3.74. The number of carbonyl (C=O) groups excluding carboxylic acids is 2. The van der Waals surface area contributed by atoms with Crippen LogP contribution < -0.4 is 10.2 Å². The van der Waals surface area contributed by atoms with Crippen molar-refractivity contribution >= 4 is 23.3 Å². The second kappa shape index (κ2) is 9.38. The molecule has 7 heteroatoms. The van der Waals surface area contributed by atoms with Gasteiger partial charge in [-0.25, -0.2) is 4.79 Å². The van der Waals surface area contributed by atoms with Crippen LogP contribution in [0, 0.1) is 0 Å². The molecular weight excluding hydrogens is 392 g/mol. The second-order valence-corrected chi connectivity index (χ2v) is 7.58. The Labute approximate surface area is 181 Å². The van der Waals surface area contributed by atoms with Gasteiger partial charge in [0.25, 0.3) is 5.91 Å². The molecule has 0 unspecified atom stereocenters. The van der Waals surface area contributed by atoms with E-state index >= 15 is 0 Å². The van der Waals surface area contributed by atoms with Crippen molar-refractivity contribution in [1.82, 2.24) is 9.80 Å². The molecule has 1 aliphatic rings. The summed E-state index contributed by atoms with van der Waals surface area (Å²) in [5.74, 6) is 0.190. The van der Waals surface area contributed by atoms with E-state index in [0.29, 0.717) is 31.9 Å². The molecule has 3 amide bonds. The van der Waals surface area contributed by atoms with Gasteiger partial charge in [0.15, 0.2) is 5.76 Å². The first-order valence-corrected chi connectivity index (χ1v) is 10.3. The molecule has 160 valence electrons. The van der Waals surface area contributed by atoms with Crippen molar-refractivity contribution in [2.45, 2.75) is 6.54 Å². The van der Waals surface area contributed by atoms with Crippen molar-refractivity contribution < 1.29 is 14.0 Å². The van der Waals surface area contributed by atoms with Gasteiger partial charge >= 0.3 is 6.03 Å². The summed E-state index contributed by atoms with van der Waals surface area (Å²) in [5.41, 5.74) is 3.06. The largest absolute Gasteiger partial charge is 0.459 e. The van der Waals surface area contributed by atoms with Crippen LogP contribution in [0.1, 0.15) is 16.1 Å². The van der Waals surface area contributed by atoms with Gasteiger partial charge in [-0.2, -0.15) is 0 Å². The predicted octanol–water partition coefficient (Wildman–Crippen LogP) is 3.91. The summed E-state index contributed by atoms with van der Waals surface area (Å²) in [4.78, 5) is 30.5. The summed E-state index contributed by atoms with van der Waals surface area (Å²) >= 11 is 0. The Bertz CT molecular complexity index is 995. The average Bonchev–Trinajstić information content (AvgIpc) is 3.35. The molecular formula is C24H26N4O3. The first-order valence-electron chi connectivity index (χ1n) is 10.3. The average molecular weight is 418 g/mol. The van der Waals surface area contributed by atoms with Crippen LogP contribution in [0.25, 0.3) is 0 Å². The fourth-order valence-electron chi connectivity index (χ4n) is 3.62. The van der Waals surface area contributed by atoms with Gasteiger partial charge in [-0.3, -0.25) is 4.79 Å². The van der Waals surface area contributed by atoms with E-state index in [1.165, 1.54) is 11.8 Å². The maximum atomic E-state index is 12.6. The van der Waals surface area contributed by atoms with E-state index in [4.69, 9.17) is 4.42 Å². The number of urea groups is 1. The lowest BCUT2D eigenvalue weighted by molar-refractivity contribution is 0.0640. The van der Waals surface area contributed by atoms with E-state index in [1.54, 1.807) is 21.9 Å². The van der Waals surface area contributed by atoms with Crippen LogP contribution in [0.15, 0.2) is 77.4 Å². The van der Waals surface area contributed by atoms with E-state index in [1.807, 2.05) is 49.5 Å². The second-order valence-electron chi connectivity index (χ2n) is 7.58. The number of hydrogen-bond acceptors (Lipinski definition) is 4. The van der Waals surface area contributed by atoms with Gasteiger partial charge in [0.1, 0.15) is 0 Å². The zero-order valence-electron chi connectivity index (χ0n) is 17.5. The molecule has 1 fully saturated rings. The predicted molar refractivity (Wildman–Crippen MR) is 120 cm³/mol. The van der Waals surface area contributed by atoms with E-state index in [0.717, 1.165) is 17.9 Å². The Balaban J connectivity index is 1.27. The Morgan fingerprint density at radius 3 is 2.23 bits per heavy atom. The van der Waals surface area contributed by atoms with Crippen LogP contribution in [0.4, 0.5) is 16.2 Å². The number of carbonyl (C=O) groups is 2. The van der Waals surface area contributed by atoms with Crippen molar-refractivity contribution in [2.75, 3.05) is 43.4 Å². The topological polar surface area (TPSA) is 69.0 Å². The Morgan fingerprint density at radius 2 is 1.58 bits per heavy atom. The number of nitrogens with zero attached hydrogens (tertiary/aromatic N) is 3. The lowest BCUT2D eigenvalue weighted by atomic mass is 10.2. The lowest BCUT2D eigenvalue weighted by Gasteiger charge is -2.34. The third kappa shape index (κ3) is 5.06. The number of piperazine rings is 1. The summed E-state index contributed by atoms with van der Waals surface area (Å²) in [5, 5.41) is 2.95. The molecule has 31 heavy (non-hydrogen) atoms. The molecule has 0 aliphatic carbocycles. The number of anilines is 2. The summed E-state index contributed by atoms with van der Waals surface area (Å²) in [6, 6.07) is 21.3.